The second-order valence-corrected chi connectivity index (χ2v) is 2.85. The highest BCUT2D eigenvalue weighted by Crippen LogP contribution is 2.24. The van der Waals surface area contributed by atoms with Gasteiger partial charge in [0, 0.05) is 11.8 Å². The van der Waals surface area contributed by atoms with E-state index >= 15 is 0 Å². The number of cyclic esters (lactones) is 1. The lowest BCUT2D eigenvalue weighted by Gasteiger charge is -2.08. The molecule has 0 saturated carbocycles. The summed E-state index contributed by atoms with van der Waals surface area (Å²) in [4.78, 5) is 22.0. The summed E-state index contributed by atoms with van der Waals surface area (Å²) >= 11 is 5.53. The van der Waals surface area contributed by atoms with Crippen LogP contribution in [0.25, 0.3) is 0 Å². The minimum Gasteiger partial charge on any atom is -0.468 e. The molecule has 5 heteroatoms. The van der Waals surface area contributed by atoms with E-state index in [0.29, 0.717) is 0 Å². The first kappa shape index (κ1) is 9.32. The molecule has 0 aromatic rings. The third-order valence-electron chi connectivity index (χ3n) is 1.82. The number of hydrogen-bond acceptors (Lipinski definition) is 4. The summed E-state index contributed by atoms with van der Waals surface area (Å²) in [6.07, 6.45) is 0. The highest BCUT2D eigenvalue weighted by molar-refractivity contribution is 6.18. The molecule has 0 aromatic heterocycles. The van der Waals surface area contributed by atoms with Crippen molar-refractivity contribution >= 4 is 23.5 Å². The van der Waals surface area contributed by atoms with E-state index in [1.54, 1.807) is 0 Å². The zero-order chi connectivity index (χ0) is 9.14. The predicted octanol–water partition coefficient (Wildman–Crippen LogP) is 0.187. The van der Waals surface area contributed by atoms with E-state index in [-0.39, 0.29) is 18.4 Å². The van der Waals surface area contributed by atoms with E-state index in [1.165, 1.54) is 7.11 Å². The maximum absolute atomic E-state index is 11.0. The number of ether oxygens (including phenoxy) is 2. The van der Waals surface area contributed by atoms with Gasteiger partial charge in [-0.15, -0.1) is 11.6 Å². The van der Waals surface area contributed by atoms with Crippen molar-refractivity contribution in [2.24, 2.45) is 11.8 Å². The number of hydrogen-bond donors (Lipinski definition) is 0. The second kappa shape index (κ2) is 3.76. The van der Waals surface area contributed by atoms with E-state index < -0.39 is 17.9 Å². The number of esters is 2. The Hall–Kier alpha value is -0.770. The highest BCUT2D eigenvalue weighted by atomic mass is 35.5. The number of carbonyl (C=O) groups excluding carboxylic acids is 2. The van der Waals surface area contributed by atoms with Crippen LogP contribution in [-0.4, -0.2) is 31.5 Å². The average molecular weight is 193 g/mol. The SMILES string of the molecule is COC(=O)C1C(=O)OCC1CCl. The lowest BCUT2D eigenvalue weighted by molar-refractivity contribution is -0.154. The van der Waals surface area contributed by atoms with Gasteiger partial charge in [0.1, 0.15) is 0 Å². The third kappa shape index (κ3) is 1.53. The van der Waals surface area contributed by atoms with E-state index in [9.17, 15) is 9.59 Å². The molecule has 1 rings (SSSR count). The predicted molar refractivity (Wildman–Crippen MR) is 40.7 cm³/mol. The Labute approximate surface area is 74.8 Å². The molecule has 1 aliphatic heterocycles. The number of rotatable bonds is 2. The molecule has 0 aromatic carbocycles. The lowest BCUT2D eigenvalue weighted by Crippen LogP contribution is -2.27. The molecule has 1 heterocycles. The maximum atomic E-state index is 11.0. The Bertz CT molecular complexity index is 204. The number of carbonyl (C=O) groups is 2. The van der Waals surface area contributed by atoms with Crippen LogP contribution in [0.2, 0.25) is 0 Å². The highest BCUT2D eigenvalue weighted by Gasteiger charge is 2.42. The number of alkyl halides is 1. The summed E-state index contributed by atoms with van der Waals surface area (Å²) < 4.78 is 9.11. The van der Waals surface area contributed by atoms with Crippen molar-refractivity contribution in [1.29, 1.82) is 0 Å². The van der Waals surface area contributed by atoms with Crippen LogP contribution in [0.5, 0.6) is 0 Å². The van der Waals surface area contributed by atoms with Crippen LogP contribution in [0.4, 0.5) is 0 Å². The van der Waals surface area contributed by atoms with E-state index in [1.807, 2.05) is 0 Å². The van der Waals surface area contributed by atoms with Gasteiger partial charge in [-0.05, 0) is 0 Å². The normalized spacial score (nSPS) is 28.3. The fourth-order valence-electron chi connectivity index (χ4n) is 1.12. The van der Waals surface area contributed by atoms with Gasteiger partial charge in [0.15, 0.2) is 5.92 Å². The maximum Gasteiger partial charge on any atom is 0.320 e. The third-order valence-corrected chi connectivity index (χ3v) is 2.21. The van der Waals surface area contributed by atoms with Crippen LogP contribution in [-0.2, 0) is 19.1 Å². The minimum absolute atomic E-state index is 0.210. The van der Waals surface area contributed by atoms with Gasteiger partial charge >= 0.3 is 11.9 Å². The van der Waals surface area contributed by atoms with Crippen LogP contribution in [0.3, 0.4) is 0 Å². The Morgan fingerprint density at radius 2 is 2.50 bits per heavy atom. The van der Waals surface area contributed by atoms with Crippen molar-refractivity contribution in [3.63, 3.8) is 0 Å². The molecule has 2 unspecified atom stereocenters. The lowest BCUT2D eigenvalue weighted by atomic mass is 9.98. The fourth-order valence-corrected chi connectivity index (χ4v) is 1.38. The van der Waals surface area contributed by atoms with Crippen molar-refractivity contribution in [2.45, 2.75) is 0 Å². The van der Waals surface area contributed by atoms with Gasteiger partial charge in [-0.3, -0.25) is 9.59 Å². The van der Waals surface area contributed by atoms with Gasteiger partial charge in [0.25, 0.3) is 0 Å². The summed E-state index contributed by atoms with van der Waals surface area (Å²) in [5, 5.41) is 0. The summed E-state index contributed by atoms with van der Waals surface area (Å²) in [5.74, 6) is -1.94. The molecular formula is C7H9ClO4. The zero-order valence-corrected chi connectivity index (χ0v) is 7.34. The van der Waals surface area contributed by atoms with Crippen molar-refractivity contribution in [3.8, 4) is 0 Å². The Morgan fingerprint density at radius 1 is 1.83 bits per heavy atom. The second-order valence-electron chi connectivity index (χ2n) is 2.55. The topological polar surface area (TPSA) is 52.6 Å². The summed E-state index contributed by atoms with van der Waals surface area (Å²) in [5.41, 5.74) is 0. The van der Waals surface area contributed by atoms with Gasteiger partial charge in [-0.25, -0.2) is 0 Å². The molecule has 0 bridgehead atoms. The molecule has 0 amide bonds. The van der Waals surface area contributed by atoms with Crippen molar-refractivity contribution in [3.05, 3.63) is 0 Å². The zero-order valence-electron chi connectivity index (χ0n) is 6.58. The number of methoxy groups -OCH3 is 1. The average Bonchev–Trinajstić information content (AvgIpc) is 2.45. The van der Waals surface area contributed by atoms with Crippen LogP contribution < -0.4 is 0 Å². The molecule has 2 atom stereocenters. The largest absolute Gasteiger partial charge is 0.468 e. The van der Waals surface area contributed by atoms with Crippen LogP contribution in [0.1, 0.15) is 0 Å². The Kier molecular flexibility index (Phi) is 2.92. The van der Waals surface area contributed by atoms with Gasteiger partial charge in [-0.2, -0.15) is 0 Å². The molecule has 1 aliphatic rings. The Balaban J connectivity index is 2.70. The van der Waals surface area contributed by atoms with Gasteiger partial charge in [0.05, 0.1) is 13.7 Å². The number of halogens is 1. The van der Waals surface area contributed by atoms with Crippen molar-refractivity contribution < 1.29 is 19.1 Å². The van der Waals surface area contributed by atoms with E-state index in [4.69, 9.17) is 11.6 Å². The first-order valence-corrected chi connectivity index (χ1v) is 4.04. The van der Waals surface area contributed by atoms with Crippen molar-refractivity contribution in [1.82, 2.24) is 0 Å². The quantitative estimate of drug-likeness (QED) is 0.356. The molecule has 12 heavy (non-hydrogen) atoms. The van der Waals surface area contributed by atoms with E-state index in [2.05, 4.69) is 9.47 Å². The summed E-state index contributed by atoms with van der Waals surface area (Å²) in [6, 6.07) is 0. The molecule has 0 spiro atoms. The first-order chi connectivity index (χ1) is 5.70. The van der Waals surface area contributed by atoms with E-state index in [0.717, 1.165) is 0 Å². The van der Waals surface area contributed by atoms with Gasteiger partial charge < -0.3 is 9.47 Å². The molecule has 68 valence electrons. The molecule has 4 nitrogen and oxygen atoms in total. The van der Waals surface area contributed by atoms with Crippen LogP contribution >= 0.6 is 11.6 Å². The smallest absolute Gasteiger partial charge is 0.320 e. The Morgan fingerprint density at radius 3 is 3.00 bits per heavy atom. The molecular weight excluding hydrogens is 184 g/mol. The van der Waals surface area contributed by atoms with Gasteiger partial charge in [0.2, 0.25) is 0 Å². The molecule has 0 radical (unpaired) electrons. The molecule has 1 saturated heterocycles. The monoisotopic (exact) mass is 192 g/mol. The summed E-state index contributed by atoms with van der Waals surface area (Å²) in [6.45, 7) is 0.210. The summed E-state index contributed by atoms with van der Waals surface area (Å²) in [7, 11) is 1.24. The van der Waals surface area contributed by atoms with Crippen molar-refractivity contribution in [2.75, 3.05) is 19.6 Å². The van der Waals surface area contributed by atoms with Crippen LogP contribution in [0, 0.1) is 11.8 Å². The fraction of sp³-hybridized carbons (Fsp3) is 0.714. The first-order valence-electron chi connectivity index (χ1n) is 3.51. The molecule has 1 fully saturated rings. The van der Waals surface area contributed by atoms with Crippen LogP contribution in [0.15, 0.2) is 0 Å². The molecule has 0 aliphatic carbocycles. The molecule has 0 N–H and O–H groups in total. The minimum atomic E-state index is -0.826. The standard InChI is InChI=1S/C7H9ClO4/c1-11-6(9)5-4(2-8)3-12-7(5)10/h4-5H,2-3H2,1H3. The van der Waals surface area contributed by atoms with Gasteiger partial charge in [-0.1, -0.05) is 0 Å².